The molecule has 3 unspecified atom stereocenters. The summed E-state index contributed by atoms with van der Waals surface area (Å²) in [5.74, 6) is 0.638. The van der Waals surface area contributed by atoms with Crippen LogP contribution in [0.5, 0.6) is 0 Å². The Morgan fingerprint density at radius 3 is 2.36 bits per heavy atom. The molecule has 3 heterocycles. The van der Waals surface area contributed by atoms with Crippen molar-refractivity contribution in [3.8, 4) is 6.07 Å². The second-order valence-corrected chi connectivity index (χ2v) is 14.6. The van der Waals surface area contributed by atoms with E-state index in [4.69, 9.17) is 0 Å². The summed E-state index contributed by atoms with van der Waals surface area (Å²) in [6.45, 7) is 4.68. The molecule has 1 amide bonds. The fourth-order valence-electron chi connectivity index (χ4n) is 7.88. The molecule has 2 N–H and O–H groups in total. The van der Waals surface area contributed by atoms with E-state index in [2.05, 4.69) is 38.4 Å². The van der Waals surface area contributed by atoms with Gasteiger partial charge < -0.3 is 20.2 Å². The van der Waals surface area contributed by atoms with Crippen molar-refractivity contribution in [2.75, 3.05) is 37.6 Å². The summed E-state index contributed by atoms with van der Waals surface area (Å²) in [6.07, 6.45) is 6.22. The second kappa shape index (κ2) is 12.3. The van der Waals surface area contributed by atoms with Gasteiger partial charge in [0.2, 0.25) is 9.84 Å². The summed E-state index contributed by atoms with van der Waals surface area (Å²) < 4.78 is 27.3. The number of carboxylic acid groups (broad SMARTS) is 1. The van der Waals surface area contributed by atoms with Crippen LogP contribution in [0.25, 0.3) is 0 Å². The predicted octanol–water partition coefficient (Wildman–Crippen LogP) is 4.30. The number of anilines is 1. The molecule has 2 aromatic carbocycles. The van der Waals surface area contributed by atoms with Crippen LogP contribution < -0.4 is 10.2 Å². The molecule has 232 valence electrons. The molecule has 1 aromatic heterocycles. The third-order valence-electron chi connectivity index (χ3n) is 10.1. The first-order chi connectivity index (χ1) is 21.2. The van der Waals surface area contributed by atoms with Gasteiger partial charge in [-0.2, -0.15) is 10.4 Å². The van der Waals surface area contributed by atoms with Gasteiger partial charge in [-0.3, -0.25) is 4.68 Å². The van der Waals surface area contributed by atoms with Crippen LogP contribution in [0, 0.1) is 29.1 Å². The Morgan fingerprint density at radius 2 is 1.75 bits per heavy atom. The number of nitriles is 1. The number of aryl methyl sites for hydroxylation is 1. The van der Waals surface area contributed by atoms with E-state index in [1.54, 1.807) is 19.2 Å². The molecule has 44 heavy (non-hydrogen) atoms. The highest BCUT2D eigenvalue weighted by Crippen LogP contribution is 2.50. The van der Waals surface area contributed by atoms with Crippen molar-refractivity contribution in [3.05, 3.63) is 72.6 Å². The number of likely N-dealkylation sites (tertiary alicyclic amines) is 1. The van der Waals surface area contributed by atoms with Crippen LogP contribution >= 0.6 is 0 Å². The molecule has 11 heteroatoms. The summed E-state index contributed by atoms with van der Waals surface area (Å²) in [7, 11) is -1.89. The maximum absolute atomic E-state index is 12.9. The average Bonchev–Trinajstić information content (AvgIpc) is 3.66. The van der Waals surface area contributed by atoms with Gasteiger partial charge >= 0.3 is 6.09 Å². The number of hydrogen-bond donors (Lipinski definition) is 2. The summed E-state index contributed by atoms with van der Waals surface area (Å²) >= 11 is 0. The van der Waals surface area contributed by atoms with E-state index in [9.17, 15) is 23.6 Å². The molecular formula is C33H40N6O4S. The molecule has 0 spiro atoms. The van der Waals surface area contributed by atoms with Crippen molar-refractivity contribution in [2.24, 2.45) is 24.8 Å². The smallest absolute Gasteiger partial charge is 0.404 e. The Balaban J connectivity index is 1.06. The van der Waals surface area contributed by atoms with Crippen molar-refractivity contribution in [1.29, 1.82) is 5.26 Å². The van der Waals surface area contributed by atoms with E-state index in [1.807, 2.05) is 30.3 Å². The molecule has 2 aliphatic heterocycles. The Bertz CT molecular complexity index is 1610. The fraction of sp³-hybridized carbons (Fsp3) is 0.485. The molecule has 3 aromatic rings. The molecule has 6 rings (SSSR count). The zero-order valence-electron chi connectivity index (χ0n) is 25.0. The predicted molar refractivity (Wildman–Crippen MR) is 166 cm³/mol. The monoisotopic (exact) mass is 616 g/mol. The molecule has 3 fully saturated rings. The van der Waals surface area contributed by atoms with E-state index < -0.39 is 21.3 Å². The first-order valence-electron chi connectivity index (χ1n) is 15.5. The lowest BCUT2D eigenvalue weighted by atomic mass is 9.59. The number of nitrogens with zero attached hydrogens (tertiary/aromatic N) is 5. The number of benzene rings is 2. The van der Waals surface area contributed by atoms with E-state index in [0.29, 0.717) is 5.92 Å². The van der Waals surface area contributed by atoms with Crippen molar-refractivity contribution in [1.82, 2.24) is 20.0 Å². The Labute approximate surface area is 259 Å². The molecule has 0 bridgehead atoms. The van der Waals surface area contributed by atoms with E-state index in [1.165, 1.54) is 17.1 Å². The third-order valence-corrected chi connectivity index (χ3v) is 11.8. The van der Waals surface area contributed by atoms with Gasteiger partial charge in [0.1, 0.15) is 4.90 Å². The van der Waals surface area contributed by atoms with Crippen molar-refractivity contribution >= 4 is 21.6 Å². The van der Waals surface area contributed by atoms with Crippen LogP contribution in [-0.2, 0) is 22.3 Å². The summed E-state index contributed by atoms with van der Waals surface area (Å²) in [4.78, 5) is 16.8. The number of piperidine rings is 1. The largest absolute Gasteiger partial charge is 0.465 e. The van der Waals surface area contributed by atoms with Crippen LogP contribution in [0.2, 0.25) is 0 Å². The molecule has 1 aliphatic carbocycles. The van der Waals surface area contributed by atoms with E-state index >= 15 is 0 Å². The maximum atomic E-state index is 12.9. The van der Waals surface area contributed by atoms with Gasteiger partial charge in [0, 0.05) is 56.4 Å². The standard InChI is InChI=1S/C33H40N6O4S/c1-37-22-29(18-35-37)44(42,43)28-12-10-27(11-13-28)39-20-24(21-39)19-38-16-14-26(15-17-38)33(23-34,25-6-3-2-4-7-25)30-8-5-9-31(30)36-32(40)41/h2-4,6-7,10-13,18,22,24,26,30-31,36H,5,8-9,14-17,19-21H2,1H3,(H,40,41). The SMILES string of the molecule is Cn1cc(S(=O)(=O)c2ccc(N3CC(CN4CCC(C(C#N)(c5ccccc5)C5CCCC5NC(=O)O)CC4)C3)cc2)cn1. The lowest BCUT2D eigenvalue weighted by molar-refractivity contribution is 0.0950. The number of nitrogens with one attached hydrogen (secondary N) is 1. The summed E-state index contributed by atoms with van der Waals surface area (Å²) in [5.41, 5.74) is 1.31. The van der Waals surface area contributed by atoms with Gasteiger partial charge in [0.15, 0.2) is 0 Å². The highest BCUT2D eigenvalue weighted by molar-refractivity contribution is 7.91. The highest BCUT2D eigenvalue weighted by atomic mass is 32.2. The van der Waals surface area contributed by atoms with Gasteiger partial charge in [-0.25, -0.2) is 13.2 Å². The molecule has 2 saturated heterocycles. The molecule has 3 atom stereocenters. The molecule has 10 nitrogen and oxygen atoms in total. The lowest BCUT2D eigenvalue weighted by Crippen LogP contribution is -2.55. The Kier molecular flexibility index (Phi) is 8.40. The minimum atomic E-state index is -3.59. The van der Waals surface area contributed by atoms with Gasteiger partial charge in [0.25, 0.3) is 0 Å². The van der Waals surface area contributed by atoms with Gasteiger partial charge in [-0.1, -0.05) is 36.8 Å². The molecule has 0 radical (unpaired) electrons. The Hall–Kier alpha value is -3.88. The zero-order valence-corrected chi connectivity index (χ0v) is 25.9. The average molecular weight is 617 g/mol. The van der Waals surface area contributed by atoms with Gasteiger partial charge in [0.05, 0.1) is 22.6 Å². The molecular weight excluding hydrogens is 576 g/mol. The van der Waals surface area contributed by atoms with E-state index in [0.717, 1.165) is 76.1 Å². The summed E-state index contributed by atoms with van der Waals surface area (Å²) in [6, 6.07) is 19.7. The molecule has 3 aliphatic rings. The Morgan fingerprint density at radius 1 is 1.05 bits per heavy atom. The number of carbonyl (C=O) groups is 1. The minimum Gasteiger partial charge on any atom is -0.465 e. The third kappa shape index (κ3) is 5.69. The van der Waals surface area contributed by atoms with Crippen LogP contribution in [0.4, 0.5) is 10.5 Å². The lowest BCUT2D eigenvalue weighted by Gasteiger charge is -2.48. The normalized spacial score (nSPS) is 23.0. The van der Waals surface area contributed by atoms with Gasteiger partial charge in [-0.05, 0) is 74.5 Å². The van der Waals surface area contributed by atoms with Crippen molar-refractivity contribution < 1.29 is 18.3 Å². The highest BCUT2D eigenvalue weighted by Gasteiger charge is 2.52. The second-order valence-electron chi connectivity index (χ2n) is 12.6. The molecule has 1 saturated carbocycles. The zero-order chi connectivity index (χ0) is 30.9. The number of aromatic nitrogens is 2. The quantitative estimate of drug-likeness (QED) is 0.364. The number of sulfone groups is 1. The number of amides is 1. The van der Waals surface area contributed by atoms with Gasteiger partial charge in [-0.15, -0.1) is 0 Å². The minimum absolute atomic E-state index is 0.0477. The van der Waals surface area contributed by atoms with Crippen LogP contribution in [0.1, 0.15) is 37.7 Å². The van der Waals surface area contributed by atoms with Crippen LogP contribution in [0.15, 0.2) is 76.8 Å². The topological polar surface area (TPSA) is 132 Å². The van der Waals surface area contributed by atoms with Crippen molar-refractivity contribution in [2.45, 2.75) is 53.4 Å². The summed E-state index contributed by atoms with van der Waals surface area (Å²) in [5, 5.41) is 27.1. The van der Waals surface area contributed by atoms with Crippen LogP contribution in [-0.4, -0.2) is 73.1 Å². The first-order valence-corrected chi connectivity index (χ1v) is 17.0. The van der Waals surface area contributed by atoms with E-state index in [-0.39, 0.29) is 27.7 Å². The van der Waals surface area contributed by atoms with Crippen molar-refractivity contribution in [3.63, 3.8) is 0 Å². The fourth-order valence-corrected chi connectivity index (χ4v) is 9.13. The van der Waals surface area contributed by atoms with Crippen LogP contribution in [0.3, 0.4) is 0 Å². The first kappa shape index (κ1) is 30.2. The number of hydrogen-bond acceptors (Lipinski definition) is 7. The maximum Gasteiger partial charge on any atom is 0.404 e. The number of rotatable bonds is 9.